The van der Waals surface area contributed by atoms with Gasteiger partial charge in [0.2, 0.25) is 0 Å². The number of hydrogen-bond donors (Lipinski definition) is 2. The maximum Gasteiger partial charge on any atom is 0.276 e. The molecule has 1 aliphatic carbocycles. The standard InChI is InChI=1S/C15H21N5O2/c1-10-9-20-13(15(22)16-10)12(18-19-20)14(21)17-11-7-5-3-2-4-6-8-11/h9,11H,2-8H2,1H3,(H,16,22)(H,17,21). The summed E-state index contributed by atoms with van der Waals surface area (Å²) in [6, 6.07) is 0.161. The fraction of sp³-hybridized carbons (Fsp3) is 0.600. The largest absolute Gasteiger partial charge is 0.348 e. The van der Waals surface area contributed by atoms with Gasteiger partial charge in [0.15, 0.2) is 11.2 Å². The lowest BCUT2D eigenvalue weighted by Crippen LogP contribution is -2.36. The van der Waals surface area contributed by atoms with Gasteiger partial charge in [-0.2, -0.15) is 0 Å². The van der Waals surface area contributed by atoms with Gasteiger partial charge in [-0.25, -0.2) is 4.52 Å². The monoisotopic (exact) mass is 303 g/mol. The molecule has 0 unspecified atom stereocenters. The average Bonchev–Trinajstić information content (AvgIpc) is 2.85. The third-order valence-corrected chi connectivity index (χ3v) is 4.19. The molecule has 3 rings (SSSR count). The summed E-state index contributed by atoms with van der Waals surface area (Å²) in [5.41, 5.74) is 0.638. The summed E-state index contributed by atoms with van der Waals surface area (Å²) in [7, 11) is 0. The highest BCUT2D eigenvalue weighted by molar-refractivity contribution is 5.98. The Morgan fingerprint density at radius 2 is 1.95 bits per heavy atom. The zero-order valence-corrected chi connectivity index (χ0v) is 12.8. The van der Waals surface area contributed by atoms with Crippen LogP contribution in [0.2, 0.25) is 0 Å². The van der Waals surface area contributed by atoms with Gasteiger partial charge in [0, 0.05) is 11.7 Å². The topological polar surface area (TPSA) is 92.2 Å². The normalized spacial score (nSPS) is 17.1. The van der Waals surface area contributed by atoms with E-state index in [0.717, 1.165) is 25.7 Å². The zero-order chi connectivity index (χ0) is 15.5. The number of fused-ring (bicyclic) bond motifs is 1. The molecule has 0 radical (unpaired) electrons. The van der Waals surface area contributed by atoms with E-state index in [2.05, 4.69) is 20.6 Å². The molecule has 7 nitrogen and oxygen atoms in total. The van der Waals surface area contributed by atoms with Crippen molar-refractivity contribution in [3.05, 3.63) is 27.9 Å². The van der Waals surface area contributed by atoms with E-state index in [4.69, 9.17) is 0 Å². The molecule has 0 aromatic carbocycles. The summed E-state index contributed by atoms with van der Waals surface area (Å²) in [5.74, 6) is -0.310. The van der Waals surface area contributed by atoms with Crippen LogP contribution in [-0.4, -0.2) is 31.8 Å². The Morgan fingerprint density at radius 1 is 1.27 bits per heavy atom. The van der Waals surface area contributed by atoms with Gasteiger partial charge >= 0.3 is 0 Å². The number of H-pyrrole nitrogens is 1. The molecule has 2 aromatic heterocycles. The highest BCUT2D eigenvalue weighted by Gasteiger charge is 2.21. The second kappa shape index (κ2) is 6.29. The molecule has 7 heteroatoms. The molecule has 2 aromatic rings. The Bertz CT molecular complexity index is 725. The molecule has 22 heavy (non-hydrogen) atoms. The van der Waals surface area contributed by atoms with Gasteiger partial charge in [0.25, 0.3) is 11.5 Å². The van der Waals surface area contributed by atoms with Gasteiger partial charge in [-0.1, -0.05) is 37.3 Å². The lowest BCUT2D eigenvalue weighted by atomic mass is 9.96. The first-order valence-corrected chi connectivity index (χ1v) is 7.91. The maximum absolute atomic E-state index is 12.4. The quantitative estimate of drug-likeness (QED) is 0.880. The Morgan fingerprint density at radius 3 is 2.68 bits per heavy atom. The molecular formula is C15H21N5O2. The van der Waals surface area contributed by atoms with Crippen molar-refractivity contribution in [3.8, 4) is 0 Å². The molecular weight excluding hydrogens is 282 g/mol. The number of aromatic amines is 1. The van der Waals surface area contributed by atoms with Crippen molar-refractivity contribution >= 4 is 11.4 Å². The molecule has 0 atom stereocenters. The highest BCUT2D eigenvalue weighted by atomic mass is 16.2. The Hall–Kier alpha value is -2.18. The number of amides is 1. The minimum absolute atomic E-state index is 0.100. The molecule has 1 amide bonds. The van der Waals surface area contributed by atoms with Gasteiger partial charge in [-0.05, 0) is 19.8 Å². The first kappa shape index (κ1) is 14.7. The predicted octanol–water partition coefficient (Wildman–Crippen LogP) is 1.57. The number of carbonyl (C=O) groups is 1. The molecule has 1 saturated carbocycles. The lowest BCUT2D eigenvalue weighted by molar-refractivity contribution is 0.0927. The Balaban J connectivity index is 1.81. The third-order valence-electron chi connectivity index (χ3n) is 4.19. The molecule has 0 saturated heterocycles. The highest BCUT2D eigenvalue weighted by Crippen LogP contribution is 2.17. The minimum Gasteiger partial charge on any atom is -0.348 e. The molecule has 0 bridgehead atoms. The summed E-state index contributed by atoms with van der Waals surface area (Å²) in [6.45, 7) is 1.76. The average molecular weight is 303 g/mol. The number of aromatic nitrogens is 4. The zero-order valence-electron chi connectivity index (χ0n) is 12.8. The van der Waals surface area contributed by atoms with Crippen molar-refractivity contribution in [2.24, 2.45) is 0 Å². The number of rotatable bonds is 2. The summed E-state index contributed by atoms with van der Waals surface area (Å²) >= 11 is 0. The van der Waals surface area contributed by atoms with Crippen LogP contribution in [0.3, 0.4) is 0 Å². The Labute approximate surface area is 128 Å². The van der Waals surface area contributed by atoms with Crippen LogP contribution in [0.1, 0.15) is 61.1 Å². The lowest BCUT2D eigenvalue weighted by Gasteiger charge is -2.20. The minimum atomic E-state index is -0.340. The third kappa shape index (κ3) is 3.03. The van der Waals surface area contributed by atoms with E-state index in [1.807, 2.05) is 0 Å². The van der Waals surface area contributed by atoms with Crippen LogP contribution >= 0.6 is 0 Å². The summed E-state index contributed by atoms with van der Waals surface area (Å²) in [5, 5.41) is 10.8. The molecule has 0 spiro atoms. The summed E-state index contributed by atoms with van der Waals surface area (Å²) < 4.78 is 1.36. The molecule has 1 aliphatic rings. The van der Waals surface area contributed by atoms with Crippen LogP contribution in [0.4, 0.5) is 0 Å². The number of nitrogens with zero attached hydrogens (tertiary/aromatic N) is 3. The van der Waals surface area contributed by atoms with Crippen molar-refractivity contribution in [1.29, 1.82) is 0 Å². The fourth-order valence-corrected chi connectivity index (χ4v) is 3.06. The summed E-state index contributed by atoms with van der Waals surface area (Å²) in [6.07, 6.45) is 9.61. The van der Waals surface area contributed by atoms with Crippen LogP contribution in [0, 0.1) is 6.92 Å². The number of hydrogen-bond acceptors (Lipinski definition) is 4. The van der Waals surface area contributed by atoms with Crippen molar-refractivity contribution in [1.82, 2.24) is 25.1 Å². The SMILES string of the molecule is Cc1cn2nnc(C(=O)NC3CCCCCCC3)c2c(=O)[nH]1. The van der Waals surface area contributed by atoms with Gasteiger partial charge in [-0.3, -0.25) is 9.59 Å². The number of carbonyl (C=O) groups excluding carboxylic acids is 1. The van der Waals surface area contributed by atoms with E-state index in [1.54, 1.807) is 13.1 Å². The second-order valence-corrected chi connectivity index (χ2v) is 6.01. The van der Waals surface area contributed by atoms with Crippen LogP contribution in [0.15, 0.2) is 11.0 Å². The summed E-state index contributed by atoms with van der Waals surface area (Å²) in [4.78, 5) is 27.2. The van der Waals surface area contributed by atoms with Crippen molar-refractivity contribution in [2.75, 3.05) is 0 Å². The molecule has 1 fully saturated rings. The van der Waals surface area contributed by atoms with E-state index in [1.165, 1.54) is 23.8 Å². The van der Waals surface area contributed by atoms with Gasteiger partial charge in [0.05, 0.1) is 6.20 Å². The fourth-order valence-electron chi connectivity index (χ4n) is 3.06. The van der Waals surface area contributed by atoms with E-state index in [-0.39, 0.29) is 28.7 Å². The van der Waals surface area contributed by atoms with Crippen LogP contribution in [-0.2, 0) is 0 Å². The number of nitrogens with one attached hydrogen (secondary N) is 2. The number of aryl methyl sites for hydroxylation is 1. The van der Waals surface area contributed by atoms with Gasteiger partial charge < -0.3 is 10.3 Å². The molecule has 2 heterocycles. The van der Waals surface area contributed by atoms with Crippen LogP contribution in [0.5, 0.6) is 0 Å². The van der Waals surface area contributed by atoms with E-state index in [0.29, 0.717) is 5.69 Å². The first-order chi connectivity index (χ1) is 10.6. The molecule has 118 valence electrons. The predicted molar refractivity (Wildman–Crippen MR) is 81.9 cm³/mol. The first-order valence-electron chi connectivity index (χ1n) is 7.91. The van der Waals surface area contributed by atoms with Crippen molar-refractivity contribution in [2.45, 2.75) is 57.9 Å². The molecule has 0 aliphatic heterocycles. The maximum atomic E-state index is 12.4. The van der Waals surface area contributed by atoms with Crippen LogP contribution < -0.4 is 10.9 Å². The van der Waals surface area contributed by atoms with Gasteiger partial charge in [0.1, 0.15) is 0 Å². The molecule has 2 N–H and O–H groups in total. The Kier molecular flexibility index (Phi) is 4.22. The van der Waals surface area contributed by atoms with Crippen molar-refractivity contribution in [3.63, 3.8) is 0 Å². The van der Waals surface area contributed by atoms with Crippen LogP contribution in [0.25, 0.3) is 5.52 Å². The van der Waals surface area contributed by atoms with E-state index in [9.17, 15) is 9.59 Å². The van der Waals surface area contributed by atoms with E-state index < -0.39 is 0 Å². The van der Waals surface area contributed by atoms with Crippen molar-refractivity contribution < 1.29 is 4.79 Å². The van der Waals surface area contributed by atoms with E-state index >= 15 is 0 Å². The second-order valence-electron chi connectivity index (χ2n) is 6.01. The van der Waals surface area contributed by atoms with Gasteiger partial charge in [-0.15, -0.1) is 5.10 Å². The smallest absolute Gasteiger partial charge is 0.276 e.